The lowest BCUT2D eigenvalue weighted by Crippen LogP contribution is -2.50. The zero-order valence-electron chi connectivity index (χ0n) is 22.7. The monoisotopic (exact) mass is 598 g/mol. The minimum atomic E-state index is -4.53. The Morgan fingerprint density at radius 3 is 2.12 bits per heavy atom. The van der Waals surface area contributed by atoms with Gasteiger partial charge < -0.3 is 42.8 Å². The lowest BCUT2D eigenvalue weighted by Gasteiger charge is -2.23. The number of rotatable bonds is 15. The molecule has 2 rings (SSSR count). The summed E-state index contributed by atoms with van der Waals surface area (Å²) in [4.78, 5) is 39.9. The predicted molar refractivity (Wildman–Crippen MR) is 148 cm³/mol. The standard InChI is InChI=1S/C26H35BF4N6O5/c28-19-7-6-18(27(41)42)15-22(19)36-25(40)21(9-3-16-1-4-17(5-2-16)26(29,30)31)35-24(39)20(34)8-10-23(38)37(13-11-32)14-12-33/h1-2,4-7,15,20-21,41-42H,3,8-14,32-34H2,(H,35,39)(H,36,40)/t20-,21+/m0/s1. The van der Waals surface area contributed by atoms with E-state index in [4.69, 9.17) is 17.2 Å². The van der Waals surface area contributed by atoms with E-state index >= 15 is 0 Å². The van der Waals surface area contributed by atoms with Crippen molar-refractivity contribution in [2.24, 2.45) is 17.2 Å². The van der Waals surface area contributed by atoms with Crippen LogP contribution in [0.25, 0.3) is 0 Å². The highest BCUT2D eigenvalue weighted by Crippen LogP contribution is 2.29. The van der Waals surface area contributed by atoms with Gasteiger partial charge in [-0.3, -0.25) is 14.4 Å². The van der Waals surface area contributed by atoms with Crippen molar-refractivity contribution in [3.63, 3.8) is 0 Å². The summed E-state index contributed by atoms with van der Waals surface area (Å²) in [6.45, 7) is 0.979. The Kier molecular flexibility index (Phi) is 13.3. The molecule has 0 spiro atoms. The number of hydrogen-bond acceptors (Lipinski definition) is 8. The Bertz CT molecular complexity index is 1200. The minimum Gasteiger partial charge on any atom is -0.423 e. The molecule has 3 amide bonds. The Hall–Kier alpha value is -3.57. The van der Waals surface area contributed by atoms with E-state index in [0.717, 1.165) is 30.3 Å². The molecule has 0 aliphatic heterocycles. The van der Waals surface area contributed by atoms with Gasteiger partial charge in [0, 0.05) is 32.6 Å². The van der Waals surface area contributed by atoms with Crippen molar-refractivity contribution in [2.45, 2.75) is 43.9 Å². The Morgan fingerprint density at radius 1 is 0.952 bits per heavy atom. The van der Waals surface area contributed by atoms with Crippen LogP contribution in [0.1, 0.15) is 30.4 Å². The first kappa shape index (κ1) is 34.6. The summed E-state index contributed by atoms with van der Waals surface area (Å²) in [5, 5.41) is 23.5. The van der Waals surface area contributed by atoms with Crippen LogP contribution in [-0.4, -0.2) is 78.1 Å². The fourth-order valence-corrected chi connectivity index (χ4v) is 3.98. The summed E-state index contributed by atoms with van der Waals surface area (Å²) in [5.41, 5.74) is 16.1. The van der Waals surface area contributed by atoms with Crippen LogP contribution >= 0.6 is 0 Å². The molecular formula is C26H35BF4N6O5. The maximum absolute atomic E-state index is 14.4. The lowest BCUT2D eigenvalue weighted by atomic mass is 9.80. The summed E-state index contributed by atoms with van der Waals surface area (Å²) < 4.78 is 53.1. The highest BCUT2D eigenvalue weighted by molar-refractivity contribution is 6.58. The van der Waals surface area contributed by atoms with Gasteiger partial charge in [0.15, 0.2) is 0 Å². The quantitative estimate of drug-likeness (QED) is 0.105. The number of anilines is 1. The third-order valence-corrected chi connectivity index (χ3v) is 6.34. The van der Waals surface area contributed by atoms with E-state index in [1.54, 1.807) is 0 Å². The zero-order chi connectivity index (χ0) is 31.4. The molecule has 2 atom stereocenters. The molecule has 16 heteroatoms. The lowest BCUT2D eigenvalue weighted by molar-refractivity contribution is -0.137. The van der Waals surface area contributed by atoms with E-state index in [2.05, 4.69) is 10.6 Å². The molecule has 0 saturated carbocycles. The van der Waals surface area contributed by atoms with Gasteiger partial charge in [-0.15, -0.1) is 0 Å². The number of amides is 3. The van der Waals surface area contributed by atoms with Crippen LogP contribution in [0, 0.1) is 5.82 Å². The van der Waals surface area contributed by atoms with Gasteiger partial charge in [-0.2, -0.15) is 13.2 Å². The summed E-state index contributed by atoms with van der Waals surface area (Å²) in [6.07, 6.45) is -4.76. The van der Waals surface area contributed by atoms with E-state index < -0.39 is 54.3 Å². The van der Waals surface area contributed by atoms with Crippen LogP contribution in [0.15, 0.2) is 42.5 Å². The van der Waals surface area contributed by atoms with Gasteiger partial charge in [-0.25, -0.2) is 4.39 Å². The van der Waals surface area contributed by atoms with Crippen LogP contribution in [0.4, 0.5) is 23.2 Å². The van der Waals surface area contributed by atoms with Gasteiger partial charge in [-0.1, -0.05) is 18.2 Å². The van der Waals surface area contributed by atoms with Crippen LogP contribution in [0.2, 0.25) is 0 Å². The molecule has 0 bridgehead atoms. The molecule has 0 radical (unpaired) electrons. The largest absolute Gasteiger partial charge is 0.488 e. The highest BCUT2D eigenvalue weighted by atomic mass is 19.4. The number of hydrogen-bond donors (Lipinski definition) is 7. The van der Waals surface area contributed by atoms with Crippen LogP contribution < -0.4 is 33.3 Å². The van der Waals surface area contributed by atoms with E-state index in [0.29, 0.717) is 5.56 Å². The maximum Gasteiger partial charge on any atom is 0.488 e. The first-order valence-corrected chi connectivity index (χ1v) is 13.1. The van der Waals surface area contributed by atoms with Crippen molar-refractivity contribution in [1.82, 2.24) is 10.2 Å². The van der Waals surface area contributed by atoms with Crippen molar-refractivity contribution in [2.75, 3.05) is 31.5 Å². The molecule has 42 heavy (non-hydrogen) atoms. The third kappa shape index (κ3) is 10.7. The number of nitrogens with zero attached hydrogens (tertiary/aromatic N) is 1. The Balaban J connectivity index is 2.16. The van der Waals surface area contributed by atoms with Gasteiger partial charge in [-0.05, 0) is 54.6 Å². The summed E-state index contributed by atoms with van der Waals surface area (Å²) in [5.74, 6) is -2.89. The molecule has 0 aliphatic carbocycles. The fraction of sp³-hybridized carbons (Fsp3) is 0.423. The van der Waals surface area contributed by atoms with E-state index in [9.17, 15) is 42.0 Å². The van der Waals surface area contributed by atoms with Gasteiger partial charge >= 0.3 is 13.3 Å². The average molecular weight is 598 g/mol. The highest BCUT2D eigenvalue weighted by Gasteiger charge is 2.30. The predicted octanol–water partition coefficient (Wildman–Crippen LogP) is -0.566. The van der Waals surface area contributed by atoms with Crippen LogP contribution in [0.5, 0.6) is 0 Å². The van der Waals surface area contributed by atoms with Crippen molar-refractivity contribution < 1.29 is 42.0 Å². The normalized spacial score (nSPS) is 12.8. The van der Waals surface area contributed by atoms with Gasteiger partial charge in [0.2, 0.25) is 17.7 Å². The van der Waals surface area contributed by atoms with E-state index in [1.165, 1.54) is 17.0 Å². The number of aryl methyl sites for hydroxylation is 1. The molecule has 0 aromatic heterocycles. The summed E-state index contributed by atoms with van der Waals surface area (Å²) in [7, 11) is -1.94. The fourth-order valence-electron chi connectivity index (χ4n) is 3.98. The first-order chi connectivity index (χ1) is 19.8. The summed E-state index contributed by atoms with van der Waals surface area (Å²) in [6, 6.07) is 4.71. The Labute approximate surface area is 240 Å². The molecule has 0 heterocycles. The van der Waals surface area contributed by atoms with Crippen molar-refractivity contribution >= 4 is 36.0 Å². The molecule has 10 N–H and O–H groups in total. The average Bonchev–Trinajstić information content (AvgIpc) is 2.94. The number of nitrogens with one attached hydrogen (secondary N) is 2. The third-order valence-electron chi connectivity index (χ3n) is 6.34. The second-order valence-electron chi connectivity index (χ2n) is 9.50. The number of carbonyl (C=O) groups excluding carboxylic acids is 3. The topological polar surface area (TPSA) is 197 Å². The van der Waals surface area contributed by atoms with Gasteiger partial charge in [0.05, 0.1) is 17.3 Å². The SMILES string of the molecule is NCCN(CCN)C(=O)CC[C@H](N)C(=O)N[C@H](CCc1ccc(C(F)(F)F)cc1)C(=O)Nc1cc(B(O)O)ccc1F. The van der Waals surface area contributed by atoms with Crippen molar-refractivity contribution in [1.29, 1.82) is 0 Å². The molecular weight excluding hydrogens is 563 g/mol. The van der Waals surface area contributed by atoms with Gasteiger partial charge in [0.25, 0.3) is 0 Å². The van der Waals surface area contributed by atoms with Crippen LogP contribution in [-0.2, 0) is 27.0 Å². The molecule has 2 aromatic rings. The molecule has 0 unspecified atom stereocenters. The molecule has 2 aromatic carbocycles. The van der Waals surface area contributed by atoms with E-state index in [-0.39, 0.29) is 63.2 Å². The van der Waals surface area contributed by atoms with Crippen molar-refractivity contribution in [3.8, 4) is 0 Å². The second kappa shape index (κ2) is 16.2. The molecule has 230 valence electrons. The second-order valence-corrected chi connectivity index (χ2v) is 9.50. The molecule has 0 aliphatic rings. The number of carbonyl (C=O) groups is 3. The molecule has 0 fully saturated rings. The van der Waals surface area contributed by atoms with Gasteiger partial charge in [0.1, 0.15) is 11.9 Å². The Morgan fingerprint density at radius 2 is 1.57 bits per heavy atom. The van der Waals surface area contributed by atoms with Crippen LogP contribution in [0.3, 0.4) is 0 Å². The minimum absolute atomic E-state index is 0.0508. The number of nitrogens with two attached hydrogens (primary N) is 3. The zero-order valence-corrected chi connectivity index (χ0v) is 22.7. The summed E-state index contributed by atoms with van der Waals surface area (Å²) >= 11 is 0. The number of benzene rings is 2. The number of halogens is 4. The van der Waals surface area contributed by atoms with E-state index in [1.807, 2.05) is 0 Å². The first-order valence-electron chi connectivity index (χ1n) is 13.1. The number of alkyl halides is 3. The molecule has 11 nitrogen and oxygen atoms in total. The molecule has 0 saturated heterocycles. The maximum atomic E-state index is 14.4. The smallest absolute Gasteiger partial charge is 0.423 e. The van der Waals surface area contributed by atoms with Crippen molar-refractivity contribution in [3.05, 3.63) is 59.4 Å².